The summed E-state index contributed by atoms with van der Waals surface area (Å²) in [5.41, 5.74) is 1.52. The molecule has 0 fully saturated rings. The molecule has 0 bridgehead atoms. The molecule has 0 amide bonds. The van der Waals surface area contributed by atoms with Gasteiger partial charge in [0.15, 0.2) is 0 Å². The Hall–Kier alpha value is -3.43. The smallest absolute Gasteiger partial charge is 0.352 e. The summed E-state index contributed by atoms with van der Waals surface area (Å²) < 4.78 is 11.0. The number of carbonyl (C=O) groups is 1. The van der Waals surface area contributed by atoms with E-state index in [1.807, 2.05) is 23.6 Å². The lowest BCUT2D eigenvalue weighted by molar-refractivity contribution is -0.151. The van der Waals surface area contributed by atoms with E-state index in [-0.39, 0.29) is 18.1 Å². The van der Waals surface area contributed by atoms with E-state index in [4.69, 9.17) is 9.47 Å². The van der Waals surface area contributed by atoms with Crippen LogP contribution in [0.5, 0.6) is 5.88 Å². The number of nitriles is 1. The van der Waals surface area contributed by atoms with Gasteiger partial charge in [-0.05, 0) is 23.6 Å². The molecule has 3 rings (SSSR count). The summed E-state index contributed by atoms with van der Waals surface area (Å²) in [5.74, 6) is -0.485. The lowest BCUT2D eigenvalue weighted by atomic mass is 10.1. The lowest BCUT2D eigenvalue weighted by Crippen LogP contribution is -2.22. The van der Waals surface area contributed by atoms with Crippen LogP contribution in [-0.2, 0) is 9.53 Å². The van der Waals surface area contributed by atoms with Crippen molar-refractivity contribution in [3.05, 3.63) is 83.8 Å². The second-order valence-corrected chi connectivity index (χ2v) is 6.41. The van der Waals surface area contributed by atoms with Crippen LogP contribution in [-0.4, -0.2) is 17.6 Å². The second-order valence-electron chi connectivity index (χ2n) is 5.47. The number of rotatable bonds is 7. The van der Waals surface area contributed by atoms with E-state index in [2.05, 4.69) is 17.6 Å². The van der Waals surface area contributed by atoms with Crippen molar-refractivity contribution in [2.75, 3.05) is 6.61 Å². The number of carbonyl (C=O) groups excluding carboxylic acids is 1. The molecule has 6 heteroatoms. The number of esters is 1. The molecule has 1 unspecified atom stereocenters. The molecule has 3 aromatic rings. The zero-order valence-corrected chi connectivity index (χ0v) is 15.2. The zero-order chi connectivity index (χ0) is 19.1. The second kappa shape index (κ2) is 8.79. The average Bonchev–Trinajstić information content (AvgIpc) is 3.25. The van der Waals surface area contributed by atoms with Crippen LogP contribution in [0.15, 0.2) is 72.6 Å². The van der Waals surface area contributed by atoms with Crippen molar-refractivity contribution >= 4 is 17.3 Å². The van der Waals surface area contributed by atoms with Crippen LogP contribution in [0, 0.1) is 11.3 Å². The number of nitrogens with zero attached hydrogens (tertiary/aromatic N) is 2. The van der Waals surface area contributed by atoms with Gasteiger partial charge in [-0.2, -0.15) is 5.26 Å². The molecular formula is C21H16N2O3S. The SMILES string of the molecule is C=CCOC(=O)C(Oc1nc(-c2cccs2)ccc1C#N)c1ccccc1. The van der Waals surface area contributed by atoms with Gasteiger partial charge < -0.3 is 9.47 Å². The van der Waals surface area contributed by atoms with E-state index < -0.39 is 12.1 Å². The summed E-state index contributed by atoms with van der Waals surface area (Å²) >= 11 is 1.53. The van der Waals surface area contributed by atoms with Gasteiger partial charge in [-0.25, -0.2) is 9.78 Å². The Bertz CT molecular complexity index is 963. The van der Waals surface area contributed by atoms with Gasteiger partial charge in [-0.3, -0.25) is 0 Å². The quantitative estimate of drug-likeness (QED) is 0.447. The average molecular weight is 376 g/mol. The number of benzene rings is 1. The minimum absolute atomic E-state index is 0.0687. The largest absolute Gasteiger partial charge is 0.458 e. The number of aromatic nitrogens is 1. The van der Waals surface area contributed by atoms with Crippen LogP contribution in [0.3, 0.4) is 0 Å². The maximum atomic E-state index is 12.5. The highest BCUT2D eigenvalue weighted by molar-refractivity contribution is 7.13. The number of thiophene rings is 1. The van der Waals surface area contributed by atoms with Crippen LogP contribution < -0.4 is 4.74 Å². The van der Waals surface area contributed by atoms with E-state index in [9.17, 15) is 10.1 Å². The van der Waals surface area contributed by atoms with Crippen molar-refractivity contribution in [2.45, 2.75) is 6.10 Å². The van der Waals surface area contributed by atoms with E-state index in [1.54, 1.807) is 36.4 Å². The van der Waals surface area contributed by atoms with Crippen LogP contribution >= 0.6 is 11.3 Å². The number of ether oxygens (including phenoxy) is 2. The zero-order valence-electron chi connectivity index (χ0n) is 14.4. The maximum Gasteiger partial charge on any atom is 0.352 e. The molecule has 134 valence electrons. The van der Waals surface area contributed by atoms with Gasteiger partial charge in [0.2, 0.25) is 12.0 Å². The normalized spacial score (nSPS) is 11.2. The fraction of sp³-hybridized carbons (Fsp3) is 0.0952. The highest BCUT2D eigenvalue weighted by Gasteiger charge is 2.26. The Labute approximate surface area is 161 Å². The molecule has 0 radical (unpaired) electrons. The van der Waals surface area contributed by atoms with Crippen LogP contribution in [0.2, 0.25) is 0 Å². The predicted molar refractivity (Wildman–Crippen MR) is 103 cm³/mol. The number of hydrogen-bond acceptors (Lipinski definition) is 6. The van der Waals surface area contributed by atoms with E-state index in [1.165, 1.54) is 17.4 Å². The van der Waals surface area contributed by atoms with Crippen molar-refractivity contribution in [3.8, 4) is 22.5 Å². The van der Waals surface area contributed by atoms with Gasteiger partial charge >= 0.3 is 5.97 Å². The fourth-order valence-corrected chi connectivity index (χ4v) is 3.08. The van der Waals surface area contributed by atoms with Gasteiger partial charge in [-0.15, -0.1) is 11.3 Å². The summed E-state index contributed by atoms with van der Waals surface area (Å²) in [5, 5.41) is 11.3. The Morgan fingerprint density at radius 1 is 1.22 bits per heavy atom. The summed E-state index contributed by atoms with van der Waals surface area (Å²) in [6.45, 7) is 3.61. The molecule has 0 N–H and O–H groups in total. The Morgan fingerprint density at radius 2 is 2.04 bits per heavy atom. The van der Waals surface area contributed by atoms with Gasteiger partial charge in [0.05, 0.1) is 10.6 Å². The minimum atomic E-state index is -1.04. The van der Waals surface area contributed by atoms with Gasteiger partial charge in [-0.1, -0.05) is 49.1 Å². The predicted octanol–water partition coefficient (Wildman–Crippen LogP) is 4.53. The molecule has 2 heterocycles. The molecule has 27 heavy (non-hydrogen) atoms. The van der Waals surface area contributed by atoms with Gasteiger partial charge in [0, 0.05) is 5.56 Å². The third-order valence-corrected chi connectivity index (χ3v) is 4.54. The van der Waals surface area contributed by atoms with E-state index >= 15 is 0 Å². The highest BCUT2D eigenvalue weighted by Crippen LogP contribution is 2.29. The Kier molecular flexibility index (Phi) is 5.98. The number of hydrogen-bond donors (Lipinski definition) is 0. The third-order valence-electron chi connectivity index (χ3n) is 3.64. The van der Waals surface area contributed by atoms with Crippen LogP contribution in [0.4, 0.5) is 0 Å². The van der Waals surface area contributed by atoms with Gasteiger partial charge in [0.1, 0.15) is 18.2 Å². The summed E-state index contributed by atoms with van der Waals surface area (Å²) in [4.78, 5) is 17.9. The van der Waals surface area contributed by atoms with Crippen molar-refractivity contribution in [1.29, 1.82) is 5.26 Å². The minimum Gasteiger partial charge on any atom is -0.458 e. The molecule has 0 aliphatic rings. The first kappa shape index (κ1) is 18.4. The van der Waals surface area contributed by atoms with Crippen LogP contribution in [0.25, 0.3) is 10.6 Å². The first-order valence-electron chi connectivity index (χ1n) is 8.17. The first-order chi connectivity index (χ1) is 13.2. The molecule has 0 saturated carbocycles. The fourth-order valence-electron chi connectivity index (χ4n) is 2.39. The standard InChI is InChI=1S/C21H16N2O3S/c1-2-12-25-21(24)19(15-7-4-3-5-8-15)26-20-16(14-22)10-11-17(23-20)18-9-6-13-27-18/h2-11,13,19H,1,12H2. The van der Waals surface area contributed by atoms with Crippen molar-refractivity contribution in [3.63, 3.8) is 0 Å². The summed E-state index contributed by atoms with van der Waals surface area (Å²) in [6.07, 6.45) is 0.445. The first-order valence-corrected chi connectivity index (χ1v) is 9.05. The molecule has 1 aromatic carbocycles. The lowest BCUT2D eigenvalue weighted by Gasteiger charge is -2.18. The van der Waals surface area contributed by atoms with Crippen molar-refractivity contribution < 1.29 is 14.3 Å². The van der Waals surface area contributed by atoms with Gasteiger partial charge in [0.25, 0.3) is 0 Å². The monoisotopic (exact) mass is 376 g/mol. The Morgan fingerprint density at radius 3 is 2.70 bits per heavy atom. The van der Waals surface area contributed by atoms with Crippen molar-refractivity contribution in [2.24, 2.45) is 0 Å². The highest BCUT2D eigenvalue weighted by atomic mass is 32.1. The molecule has 1 atom stereocenters. The molecule has 0 saturated heterocycles. The summed E-state index contributed by atoms with van der Waals surface area (Å²) in [6, 6.07) is 18.2. The molecule has 0 aliphatic carbocycles. The third kappa shape index (κ3) is 4.40. The van der Waals surface area contributed by atoms with E-state index in [0.29, 0.717) is 11.3 Å². The van der Waals surface area contributed by atoms with E-state index in [0.717, 1.165) is 4.88 Å². The number of pyridine rings is 1. The van der Waals surface area contributed by atoms with Crippen molar-refractivity contribution in [1.82, 2.24) is 4.98 Å². The maximum absolute atomic E-state index is 12.5. The molecular weight excluding hydrogens is 360 g/mol. The molecule has 2 aromatic heterocycles. The molecule has 0 spiro atoms. The van der Waals surface area contributed by atoms with Crippen LogP contribution in [0.1, 0.15) is 17.2 Å². The Balaban J connectivity index is 1.97. The topological polar surface area (TPSA) is 72.2 Å². The molecule has 5 nitrogen and oxygen atoms in total. The summed E-state index contributed by atoms with van der Waals surface area (Å²) in [7, 11) is 0. The molecule has 0 aliphatic heterocycles.